The molecule has 0 saturated heterocycles. The molecule has 8 heteroatoms. The highest BCUT2D eigenvalue weighted by atomic mass is 32.2. The van der Waals surface area contributed by atoms with Gasteiger partial charge in [0.25, 0.3) is 11.1 Å². The molecule has 2 aromatic carbocycles. The van der Waals surface area contributed by atoms with Crippen LogP contribution in [0.5, 0.6) is 11.5 Å². The lowest BCUT2D eigenvalue weighted by molar-refractivity contribution is -0.118. The number of hydrogen-bond acceptors (Lipinski definition) is 7. The zero-order valence-corrected chi connectivity index (χ0v) is 16.5. The van der Waals surface area contributed by atoms with E-state index in [0.717, 1.165) is 17.5 Å². The summed E-state index contributed by atoms with van der Waals surface area (Å²) in [7, 11) is 1.58. The Balaban J connectivity index is 1.51. The molecule has 7 nitrogen and oxygen atoms in total. The van der Waals surface area contributed by atoms with Crippen molar-refractivity contribution in [1.82, 2.24) is 10.4 Å². The van der Waals surface area contributed by atoms with Crippen molar-refractivity contribution in [3.8, 4) is 11.5 Å². The molecule has 3 rings (SSSR count). The fourth-order valence-corrected chi connectivity index (χ4v) is 2.98. The Morgan fingerprint density at radius 1 is 1.29 bits per heavy atom. The largest absolute Gasteiger partial charge is 0.493 e. The number of oxazole rings is 1. The first kappa shape index (κ1) is 19.8. The quantitative estimate of drug-likeness (QED) is 0.334. The average molecular weight is 399 g/mol. The van der Waals surface area contributed by atoms with Crippen molar-refractivity contribution in [2.75, 3.05) is 19.5 Å². The Morgan fingerprint density at radius 2 is 2.14 bits per heavy atom. The maximum absolute atomic E-state index is 12.0. The summed E-state index contributed by atoms with van der Waals surface area (Å²) in [4.78, 5) is 16.3. The summed E-state index contributed by atoms with van der Waals surface area (Å²) >= 11 is 1.22. The minimum atomic E-state index is -0.252. The highest BCUT2D eigenvalue weighted by Gasteiger charge is 2.09. The standard InChI is InChI=1S/C20H21N3O4S/c1-3-10-26-17-9-8-14(11-18(17)25-2)12-21-23-19(24)13-28-20-22-15-6-4-5-7-16(15)27-20/h4-9,11-12H,3,10,13H2,1-2H3,(H,23,24)/b21-12+. The highest BCUT2D eigenvalue weighted by molar-refractivity contribution is 7.99. The molecule has 0 bridgehead atoms. The predicted octanol–water partition coefficient (Wildman–Crippen LogP) is 3.87. The lowest BCUT2D eigenvalue weighted by Gasteiger charge is -2.10. The minimum Gasteiger partial charge on any atom is -0.493 e. The second-order valence-electron chi connectivity index (χ2n) is 5.79. The molecule has 0 spiro atoms. The van der Waals surface area contributed by atoms with Crippen LogP contribution in [0.3, 0.4) is 0 Å². The van der Waals surface area contributed by atoms with Gasteiger partial charge in [0, 0.05) is 0 Å². The first-order chi connectivity index (χ1) is 13.7. The van der Waals surface area contributed by atoms with Crippen molar-refractivity contribution in [3.05, 3.63) is 48.0 Å². The first-order valence-corrected chi connectivity index (χ1v) is 9.79. The summed E-state index contributed by atoms with van der Waals surface area (Å²) in [6.45, 7) is 2.66. The van der Waals surface area contributed by atoms with Gasteiger partial charge in [-0.2, -0.15) is 5.10 Å². The van der Waals surface area contributed by atoms with E-state index >= 15 is 0 Å². The van der Waals surface area contributed by atoms with E-state index in [4.69, 9.17) is 13.9 Å². The van der Waals surface area contributed by atoms with Gasteiger partial charge in [-0.25, -0.2) is 10.4 Å². The first-order valence-electron chi connectivity index (χ1n) is 8.80. The molecule has 0 saturated carbocycles. The number of nitrogens with one attached hydrogen (secondary N) is 1. The molecule has 28 heavy (non-hydrogen) atoms. The highest BCUT2D eigenvalue weighted by Crippen LogP contribution is 2.27. The number of methoxy groups -OCH3 is 1. The third-order valence-electron chi connectivity index (χ3n) is 3.65. The van der Waals surface area contributed by atoms with Crippen LogP contribution in [0.2, 0.25) is 0 Å². The second-order valence-corrected chi connectivity index (χ2v) is 6.71. The van der Waals surface area contributed by atoms with Crippen molar-refractivity contribution >= 4 is 35.0 Å². The van der Waals surface area contributed by atoms with Crippen molar-refractivity contribution in [1.29, 1.82) is 0 Å². The van der Waals surface area contributed by atoms with E-state index in [1.165, 1.54) is 11.8 Å². The van der Waals surface area contributed by atoms with Crippen molar-refractivity contribution in [2.45, 2.75) is 18.6 Å². The molecule has 1 N–H and O–H groups in total. The summed E-state index contributed by atoms with van der Waals surface area (Å²) in [6, 6.07) is 12.9. The number of thioether (sulfide) groups is 1. The third-order valence-corrected chi connectivity index (χ3v) is 4.48. The molecule has 0 aliphatic rings. The molecular formula is C20H21N3O4S. The lowest BCUT2D eigenvalue weighted by atomic mass is 10.2. The van der Waals surface area contributed by atoms with Crippen molar-refractivity contribution in [2.24, 2.45) is 5.10 Å². The van der Waals surface area contributed by atoms with E-state index < -0.39 is 0 Å². The Bertz CT molecular complexity index is 938. The van der Waals surface area contributed by atoms with E-state index in [9.17, 15) is 4.79 Å². The molecule has 1 aromatic heterocycles. The normalized spacial score (nSPS) is 11.1. The zero-order chi connectivity index (χ0) is 19.8. The maximum atomic E-state index is 12.0. The van der Waals surface area contributed by atoms with Gasteiger partial charge in [-0.05, 0) is 42.3 Å². The molecular weight excluding hydrogens is 378 g/mol. The fraction of sp³-hybridized carbons (Fsp3) is 0.250. The molecule has 3 aromatic rings. The number of aromatic nitrogens is 1. The van der Waals surface area contributed by atoms with E-state index in [1.807, 2.05) is 43.3 Å². The number of fused-ring (bicyclic) bond motifs is 1. The summed E-state index contributed by atoms with van der Waals surface area (Å²) < 4.78 is 16.5. The number of rotatable bonds is 9. The van der Waals surface area contributed by atoms with Gasteiger partial charge in [-0.3, -0.25) is 4.79 Å². The predicted molar refractivity (Wildman–Crippen MR) is 109 cm³/mol. The number of benzene rings is 2. The molecule has 1 amide bonds. The van der Waals surface area contributed by atoms with Crippen LogP contribution in [-0.4, -0.2) is 36.6 Å². The second kappa shape index (κ2) is 9.80. The molecule has 0 atom stereocenters. The van der Waals surface area contributed by atoms with Gasteiger partial charge in [0.1, 0.15) is 5.52 Å². The van der Waals surface area contributed by atoms with E-state index in [-0.39, 0.29) is 11.7 Å². The number of carbonyl (C=O) groups is 1. The van der Waals surface area contributed by atoms with Crippen LogP contribution in [0.1, 0.15) is 18.9 Å². The van der Waals surface area contributed by atoms with Gasteiger partial charge in [-0.15, -0.1) is 0 Å². The number of nitrogens with zero attached hydrogens (tertiary/aromatic N) is 2. The van der Waals surface area contributed by atoms with Crippen molar-refractivity contribution in [3.63, 3.8) is 0 Å². The van der Waals surface area contributed by atoms with Crippen LogP contribution in [0.15, 0.2) is 57.2 Å². The topological polar surface area (TPSA) is 86.0 Å². The smallest absolute Gasteiger partial charge is 0.257 e. The number of carbonyl (C=O) groups excluding carboxylic acids is 1. The third kappa shape index (κ3) is 5.26. The number of hydrogen-bond donors (Lipinski definition) is 1. The Kier molecular flexibility index (Phi) is 6.91. The van der Waals surface area contributed by atoms with Crippen molar-refractivity contribution < 1.29 is 18.7 Å². The molecule has 0 unspecified atom stereocenters. The molecule has 0 radical (unpaired) electrons. The lowest BCUT2D eigenvalue weighted by Crippen LogP contribution is -2.19. The van der Waals surface area contributed by atoms with E-state index in [0.29, 0.717) is 28.9 Å². The van der Waals surface area contributed by atoms with Gasteiger partial charge in [0.15, 0.2) is 17.1 Å². The fourth-order valence-electron chi connectivity index (χ4n) is 2.35. The Labute approximate surface area is 167 Å². The summed E-state index contributed by atoms with van der Waals surface area (Å²) in [6.07, 6.45) is 2.47. The van der Waals surface area contributed by atoms with Crippen LogP contribution in [-0.2, 0) is 4.79 Å². The number of amides is 1. The summed E-state index contributed by atoms with van der Waals surface area (Å²) in [5.74, 6) is 1.20. The summed E-state index contributed by atoms with van der Waals surface area (Å²) in [5, 5.41) is 4.43. The molecule has 0 aliphatic carbocycles. The Hall–Kier alpha value is -3.00. The number of para-hydroxylation sites is 2. The van der Waals surface area contributed by atoms with Gasteiger partial charge >= 0.3 is 0 Å². The van der Waals surface area contributed by atoms with Gasteiger partial charge in [0.05, 0.1) is 25.7 Å². The number of hydrazone groups is 1. The van der Waals surface area contributed by atoms with Gasteiger partial charge < -0.3 is 13.9 Å². The minimum absolute atomic E-state index is 0.150. The summed E-state index contributed by atoms with van der Waals surface area (Å²) in [5.41, 5.74) is 4.74. The SMILES string of the molecule is CCCOc1ccc(/C=N/NC(=O)CSc2nc3ccccc3o2)cc1OC. The molecule has 146 valence electrons. The monoisotopic (exact) mass is 399 g/mol. The maximum Gasteiger partial charge on any atom is 0.257 e. The Morgan fingerprint density at radius 3 is 2.93 bits per heavy atom. The average Bonchev–Trinajstić information content (AvgIpc) is 3.14. The van der Waals surface area contributed by atoms with Crippen LogP contribution in [0.25, 0.3) is 11.1 Å². The van der Waals surface area contributed by atoms with Gasteiger partial charge in [0.2, 0.25) is 0 Å². The van der Waals surface area contributed by atoms with Gasteiger partial charge in [-0.1, -0.05) is 30.8 Å². The number of ether oxygens (including phenoxy) is 2. The van der Waals surface area contributed by atoms with Crippen LogP contribution in [0.4, 0.5) is 0 Å². The van der Waals surface area contributed by atoms with E-state index in [1.54, 1.807) is 19.4 Å². The van der Waals surface area contributed by atoms with E-state index in [2.05, 4.69) is 15.5 Å². The zero-order valence-electron chi connectivity index (χ0n) is 15.7. The molecule has 0 fully saturated rings. The van der Waals surface area contributed by atoms with Crippen LogP contribution < -0.4 is 14.9 Å². The molecule has 1 heterocycles. The van der Waals surface area contributed by atoms with Crippen LogP contribution in [0, 0.1) is 0 Å². The van der Waals surface area contributed by atoms with Crippen LogP contribution >= 0.6 is 11.8 Å². The molecule has 0 aliphatic heterocycles.